The van der Waals surface area contributed by atoms with Crippen LogP contribution >= 0.6 is 11.3 Å². The van der Waals surface area contributed by atoms with Crippen molar-refractivity contribution >= 4 is 28.3 Å². The Kier molecular flexibility index (Phi) is 2.77. The van der Waals surface area contributed by atoms with Crippen LogP contribution in [0.25, 0.3) is 0 Å². The lowest BCUT2D eigenvalue weighted by Gasteiger charge is -2.28. The third kappa shape index (κ3) is 1.74. The molecule has 2 bridgehead atoms. The molecule has 0 N–H and O–H groups in total. The number of thiazole rings is 1. The van der Waals surface area contributed by atoms with Crippen molar-refractivity contribution in [2.75, 3.05) is 4.90 Å². The van der Waals surface area contributed by atoms with Crippen molar-refractivity contribution in [1.29, 1.82) is 0 Å². The number of rotatable bonds is 2. The highest BCUT2D eigenvalue weighted by atomic mass is 32.1. The van der Waals surface area contributed by atoms with E-state index in [1.54, 1.807) is 6.20 Å². The molecule has 2 heterocycles. The Morgan fingerprint density at radius 2 is 1.83 bits per heavy atom. The molecule has 1 aliphatic heterocycles. The first kappa shape index (κ1) is 13.4. The number of benzene rings is 1. The van der Waals surface area contributed by atoms with E-state index in [1.807, 2.05) is 11.4 Å². The molecule has 0 radical (unpaired) electrons. The summed E-state index contributed by atoms with van der Waals surface area (Å²) in [5.74, 6) is 0.754. The van der Waals surface area contributed by atoms with Gasteiger partial charge in [-0.3, -0.25) is 9.59 Å². The Labute approximate surface area is 138 Å². The zero-order chi connectivity index (χ0) is 15.6. The summed E-state index contributed by atoms with van der Waals surface area (Å²) >= 11 is 1.36. The van der Waals surface area contributed by atoms with Crippen molar-refractivity contribution in [3.05, 3.63) is 47.5 Å². The lowest BCUT2D eigenvalue weighted by molar-refractivity contribution is -0.123. The van der Waals surface area contributed by atoms with E-state index in [1.165, 1.54) is 21.8 Å². The van der Waals surface area contributed by atoms with E-state index < -0.39 is 0 Å². The third-order valence-electron chi connectivity index (χ3n) is 5.85. The second-order valence-electron chi connectivity index (χ2n) is 6.79. The fourth-order valence-corrected chi connectivity index (χ4v) is 5.71. The van der Waals surface area contributed by atoms with Gasteiger partial charge in [0.2, 0.25) is 11.8 Å². The molecule has 5 rings (SSSR count). The SMILES string of the molecule is O=C1[C@@H]2[C@H]3C[C@@H](C[C@@H]3c3ccccc3)[C@@H]2C(=O)N1c1nccs1. The molecule has 3 fully saturated rings. The van der Waals surface area contributed by atoms with Crippen LogP contribution in [0.15, 0.2) is 41.9 Å². The molecule has 5 atom stereocenters. The van der Waals surface area contributed by atoms with Crippen LogP contribution in [-0.4, -0.2) is 16.8 Å². The van der Waals surface area contributed by atoms with E-state index in [4.69, 9.17) is 0 Å². The second kappa shape index (κ2) is 4.74. The molecular weight excluding hydrogens is 308 g/mol. The molecule has 116 valence electrons. The Balaban J connectivity index is 1.51. The molecule has 4 nitrogen and oxygen atoms in total. The first-order chi connectivity index (χ1) is 11.3. The highest BCUT2D eigenvalue weighted by Crippen LogP contribution is 2.61. The van der Waals surface area contributed by atoms with Crippen molar-refractivity contribution in [2.45, 2.75) is 18.8 Å². The molecule has 2 saturated carbocycles. The smallest absolute Gasteiger partial charge is 0.239 e. The van der Waals surface area contributed by atoms with Gasteiger partial charge in [0.1, 0.15) is 0 Å². The average molecular weight is 324 g/mol. The van der Waals surface area contributed by atoms with Gasteiger partial charge in [-0.05, 0) is 36.2 Å². The summed E-state index contributed by atoms with van der Waals surface area (Å²) in [6, 6.07) is 10.4. The van der Waals surface area contributed by atoms with Crippen molar-refractivity contribution in [3.8, 4) is 0 Å². The van der Waals surface area contributed by atoms with Crippen molar-refractivity contribution in [1.82, 2.24) is 4.98 Å². The predicted molar refractivity (Wildman–Crippen MR) is 87.0 cm³/mol. The van der Waals surface area contributed by atoms with E-state index in [2.05, 4.69) is 29.2 Å². The van der Waals surface area contributed by atoms with Gasteiger partial charge in [0.25, 0.3) is 0 Å². The van der Waals surface area contributed by atoms with E-state index in [0.717, 1.165) is 12.8 Å². The van der Waals surface area contributed by atoms with E-state index in [0.29, 0.717) is 22.9 Å². The molecule has 1 saturated heterocycles. The summed E-state index contributed by atoms with van der Waals surface area (Å²) in [7, 11) is 0. The summed E-state index contributed by atoms with van der Waals surface area (Å²) in [4.78, 5) is 31.3. The maximum absolute atomic E-state index is 12.9. The second-order valence-corrected chi connectivity index (χ2v) is 7.66. The first-order valence-electron chi connectivity index (χ1n) is 8.08. The number of carbonyl (C=O) groups excluding carboxylic acids is 2. The Morgan fingerprint density at radius 3 is 2.57 bits per heavy atom. The van der Waals surface area contributed by atoms with Gasteiger partial charge < -0.3 is 0 Å². The molecular formula is C18H16N2O2S. The molecule has 0 unspecified atom stereocenters. The fourth-order valence-electron chi connectivity index (χ4n) is 5.06. The molecule has 2 amide bonds. The maximum atomic E-state index is 12.9. The highest BCUT2D eigenvalue weighted by Gasteiger charge is 2.64. The molecule has 23 heavy (non-hydrogen) atoms. The van der Waals surface area contributed by atoms with Crippen LogP contribution in [0.2, 0.25) is 0 Å². The topological polar surface area (TPSA) is 50.3 Å². The highest BCUT2D eigenvalue weighted by molar-refractivity contribution is 7.14. The number of imide groups is 1. The summed E-state index contributed by atoms with van der Waals surface area (Å²) in [6.07, 6.45) is 3.69. The summed E-state index contributed by atoms with van der Waals surface area (Å²) < 4.78 is 0. The molecule has 0 spiro atoms. The van der Waals surface area contributed by atoms with E-state index in [-0.39, 0.29) is 23.7 Å². The van der Waals surface area contributed by atoms with Crippen LogP contribution in [0.3, 0.4) is 0 Å². The molecule has 1 aromatic heterocycles. The summed E-state index contributed by atoms with van der Waals surface area (Å²) in [5, 5.41) is 2.34. The number of hydrogen-bond donors (Lipinski definition) is 0. The number of nitrogens with zero attached hydrogens (tertiary/aromatic N) is 2. The monoisotopic (exact) mass is 324 g/mol. The van der Waals surface area contributed by atoms with Gasteiger partial charge in [0, 0.05) is 11.6 Å². The number of hydrogen-bond acceptors (Lipinski definition) is 4. The standard InChI is InChI=1S/C18H16N2O2S/c21-16-14-11-8-12(10-4-2-1-3-5-10)13(9-11)15(14)17(22)20(16)18-19-6-7-23-18/h1-7,11-15H,8-9H2/t11-,12-,13+,14+,15-/m1/s1. The average Bonchev–Trinajstić information content (AvgIpc) is 3.32. The molecule has 2 aromatic rings. The van der Waals surface area contributed by atoms with Crippen LogP contribution < -0.4 is 4.90 Å². The van der Waals surface area contributed by atoms with E-state index >= 15 is 0 Å². The largest absolute Gasteiger partial charge is 0.274 e. The van der Waals surface area contributed by atoms with Gasteiger partial charge in [-0.1, -0.05) is 30.3 Å². The van der Waals surface area contributed by atoms with Crippen molar-refractivity contribution < 1.29 is 9.59 Å². The fraction of sp³-hybridized carbons (Fsp3) is 0.389. The Hall–Kier alpha value is -2.01. The zero-order valence-electron chi connectivity index (χ0n) is 12.5. The Morgan fingerprint density at radius 1 is 1.04 bits per heavy atom. The normalized spacial score (nSPS) is 35.1. The number of carbonyl (C=O) groups is 2. The van der Waals surface area contributed by atoms with Gasteiger partial charge in [0.05, 0.1) is 11.8 Å². The maximum Gasteiger partial charge on any atom is 0.239 e. The predicted octanol–water partition coefficient (Wildman–Crippen LogP) is 3.07. The number of aromatic nitrogens is 1. The molecule has 5 heteroatoms. The van der Waals surface area contributed by atoms with Crippen molar-refractivity contribution in [2.24, 2.45) is 23.7 Å². The van der Waals surface area contributed by atoms with Gasteiger partial charge >= 0.3 is 0 Å². The van der Waals surface area contributed by atoms with Crippen LogP contribution in [-0.2, 0) is 9.59 Å². The van der Waals surface area contributed by atoms with Crippen LogP contribution in [0.4, 0.5) is 5.13 Å². The minimum Gasteiger partial charge on any atom is -0.274 e. The van der Waals surface area contributed by atoms with Crippen LogP contribution in [0.1, 0.15) is 24.3 Å². The number of anilines is 1. The first-order valence-corrected chi connectivity index (χ1v) is 8.96. The Bertz CT molecular complexity index is 774. The summed E-state index contributed by atoms with van der Waals surface area (Å²) in [6.45, 7) is 0. The van der Waals surface area contributed by atoms with Gasteiger partial charge in [0.15, 0.2) is 5.13 Å². The molecule has 1 aromatic carbocycles. The lowest BCUT2D eigenvalue weighted by atomic mass is 9.73. The quantitative estimate of drug-likeness (QED) is 0.798. The van der Waals surface area contributed by atoms with Gasteiger partial charge in [-0.2, -0.15) is 0 Å². The van der Waals surface area contributed by atoms with Crippen molar-refractivity contribution in [3.63, 3.8) is 0 Å². The van der Waals surface area contributed by atoms with Crippen LogP contribution in [0.5, 0.6) is 0 Å². The molecule has 2 aliphatic carbocycles. The minimum absolute atomic E-state index is 0.0195. The van der Waals surface area contributed by atoms with Gasteiger partial charge in [-0.15, -0.1) is 11.3 Å². The van der Waals surface area contributed by atoms with Crippen LogP contribution in [0, 0.1) is 23.7 Å². The molecule has 3 aliphatic rings. The van der Waals surface area contributed by atoms with E-state index in [9.17, 15) is 9.59 Å². The minimum atomic E-state index is -0.143. The zero-order valence-corrected chi connectivity index (χ0v) is 13.3. The summed E-state index contributed by atoms with van der Waals surface area (Å²) in [5.41, 5.74) is 1.31. The third-order valence-corrected chi connectivity index (χ3v) is 6.61. The number of fused-ring (bicyclic) bond motifs is 5. The number of amides is 2. The van der Waals surface area contributed by atoms with Gasteiger partial charge in [-0.25, -0.2) is 9.88 Å². The lowest BCUT2D eigenvalue weighted by Crippen LogP contribution is -2.32.